The standard InChI is InChI=1S/C24H32N2O7S/c1-3-32-24(29)17-4-6-18(7-5-17)26(19-10-12-25-13-11-19)15-20(27)16-33-21-8-9-22(28)23(14-21)34(2,30)31/h4-9,14,19-20,25,27-28H,3,10-13,15-16H2,1-2H3/t20-/m0/s1. The van der Waals surface area contributed by atoms with E-state index in [2.05, 4.69) is 10.2 Å². The van der Waals surface area contributed by atoms with Gasteiger partial charge < -0.3 is 29.9 Å². The molecular weight excluding hydrogens is 460 g/mol. The van der Waals surface area contributed by atoms with E-state index in [1.54, 1.807) is 19.1 Å². The fourth-order valence-corrected chi connectivity index (χ4v) is 4.72. The van der Waals surface area contributed by atoms with Gasteiger partial charge in [0, 0.05) is 30.6 Å². The monoisotopic (exact) mass is 492 g/mol. The van der Waals surface area contributed by atoms with Gasteiger partial charge in [0.15, 0.2) is 9.84 Å². The predicted molar refractivity (Wildman–Crippen MR) is 128 cm³/mol. The molecule has 3 rings (SSSR count). The van der Waals surface area contributed by atoms with Crippen LogP contribution in [-0.2, 0) is 14.6 Å². The number of phenolic OH excluding ortho intramolecular Hbond substituents is 1. The molecule has 0 radical (unpaired) electrons. The number of carbonyl (C=O) groups is 1. The molecule has 0 saturated carbocycles. The Balaban J connectivity index is 1.71. The maximum absolute atomic E-state index is 12.0. The number of nitrogens with one attached hydrogen (secondary N) is 1. The molecule has 1 aliphatic rings. The third kappa shape index (κ3) is 6.85. The lowest BCUT2D eigenvalue weighted by molar-refractivity contribution is 0.0526. The molecule has 0 spiro atoms. The molecule has 2 aromatic rings. The summed E-state index contributed by atoms with van der Waals surface area (Å²) in [4.78, 5) is 13.9. The third-order valence-electron chi connectivity index (χ3n) is 5.64. The van der Waals surface area contributed by atoms with Gasteiger partial charge in [0.25, 0.3) is 0 Å². The number of benzene rings is 2. The Morgan fingerprint density at radius 2 is 1.85 bits per heavy atom. The number of anilines is 1. The van der Waals surface area contributed by atoms with E-state index in [1.807, 2.05) is 12.1 Å². The molecule has 0 bridgehead atoms. The lowest BCUT2D eigenvalue weighted by Crippen LogP contribution is -2.47. The minimum atomic E-state index is -3.62. The number of phenols is 1. The first kappa shape index (κ1) is 25.8. The van der Waals surface area contributed by atoms with Crippen molar-refractivity contribution in [3.05, 3.63) is 48.0 Å². The second-order valence-electron chi connectivity index (χ2n) is 8.27. The average molecular weight is 493 g/mol. The lowest BCUT2D eigenvalue weighted by Gasteiger charge is -2.37. The molecule has 186 valence electrons. The zero-order valence-electron chi connectivity index (χ0n) is 19.4. The highest BCUT2D eigenvalue weighted by Gasteiger charge is 2.24. The highest BCUT2D eigenvalue weighted by Crippen LogP contribution is 2.28. The number of hydrogen-bond donors (Lipinski definition) is 3. The van der Waals surface area contributed by atoms with Gasteiger partial charge >= 0.3 is 5.97 Å². The Hall–Kier alpha value is -2.82. The van der Waals surface area contributed by atoms with Gasteiger partial charge in [-0.25, -0.2) is 13.2 Å². The van der Waals surface area contributed by atoms with Crippen LogP contribution in [0.15, 0.2) is 47.4 Å². The quantitative estimate of drug-likeness (QED) is 0.427. The minimum absolute atomic E-state index is 0.0592. The van der Waals surface area contributed by atoms with E-state index >= 15 is 0 Å². The van der Waals surface area contributed by atoms with Crippen molar-refractivity contribution in [3.8, 4) is 11.5 Å². The zero-order valence-corrected chi connectivity index (χ0v) is 20.3. The molecule has 2 aromatic carbocycles. The fraction of sp³-hybridized carbons (Fsp3) is 0.458. The largest absolute Gasteiger partial charge is 0.507 e. The van der Waals surface area contributed by atoms with Crippen LogP contribution < -0.4 is 15.0 Å². The van der Waals surface area contributed by atoms with E-state index in [4.69, 9.17) is 9.47 Å². The maximum atomic E-state index is 12.0. The smallest absolute Gasteiger partial charge is 0.338 e. The van der Waals surface area contributed by atoms with Crippen LogP contribution in [0.4, 0.5) is 5.69 Å². The second kappa shape index (κ2) is 11.5. The maximum Gasteiger partial charge on any atom is 0.338 e. The third-order valence-corrected chi connectivity index (χ3v) is 6.77. The minimum Gasteiger partial charge on any atom is -0.507 e. The number of hydrogen-bond acceptors (Lipinski definition) is 9. The molecule has 0 unspecified atom stereocenters. The molecule has 9 nitrogen and oxygen atoms in total. The summed E-state index contributed by atoms with van der Waals surface area (Å²) in [5, 5.41) is 23.9. The van der Waals surface area contributed by atoms with E-state index in [9.17, 15) is 23.4 Å². The molecule has 1 aliphatic heterocycles. The first-order chi connectivity index (χ1) is 16.2. The van der Waals surface area contributed by atoms with E-state index in [0.29, 0.717) is 18.7 Å². The SMILES string of the molecule is CCOC(=O)c1ccc(N(C[C@H](O)COc2ccc(O)c(S(C)(=O)=O)c2)C2CCNCC2)cc1. The van der Waals surface area contributed by atoms with Gasteiger partial charge in [-0.1, -0.05) is 0 Å². The average Bonchev–Trinajstić information content (AvgIpc) is 2.82. The number of nitrogens with zero attached hydrogens (tertiary/aromatic N) is 1. The summed E-state index contributed by atoms with van der Waals surface area (Å²) < 4.78 is 34.3. The lowest BCUT2D eigenvalue weighted by atomic mass is 10.0. The van der Waals surface area contributed by atoms with Crippen LogP contribution in [0.2, 0.25) is 0 Å². The number of sulfone groups is 1. The van der Waals surface area contributed by atoms with Crippen LogP contribution >= 0.6 is 0 Å². The van der Waals surface area contributed by atoms with Gasteiger partial charge in [-0.3, -0.25) is 0 Å². The molecule has 0 aliphatic carbocycles. The highest BCUT2D eigenvalue weighted by molar-refractivity contribution is 7.90. The zero-order chi connectivity index (χ0) is 24.7. The van der Waals surface area contributed by atoms with Gasteiger partial charge in [0.05, 0.1) is 12.2 Å². The summed E-state index contributed by atoms with van der Waals surface area (Å²) in [5.74, 6) is -0.485. The molecule has 10 heteroatoms. The normalized spacial score (nSPS) is 15.5. The van der Waals surface area contributed by atoms with Crippen LogP contribution in [-0.4, -0.2) is 75.8 Å². The summed E-state index contributed by atoms with van der Waals surface area (Å²) in [5.41, 5.74) is 1.34. The molecule has 34 heavy (non-hydrogen) atoms. The fourth-order valence-electron chi connectivity index (χ4n) is 3.94. The van der Waals surface area contributed by atoms with Crippen LogP contribution in [0.25, 0.3) is 0 Å². The van der Waals surface area contributed by atoms with Gasteiger partial charge in [0.1, 0.15) is 29.1 Å². The predicted octanol–water partition coefficient (Wildman–Crippen LogP) is 1.97. The summed E-state index contributed by atoms with van der Waals surface area (Å²) >= 11 is 0. The first-order valence-corrected chi connectivity index (χ1v) is 13.2. The molecular formula is C24H32N2O7S. The van der Waals surface area contributed by atoms with Gasteiger partial charge in [0.2, 0.25) is 0 Å². The summed E-state index contributed by atoms with van der Waals surface area (Å²) in [6.07, 6.45) is 1.95. The molecule has 1 saturated heterocycles. The van der Waals surface area contributed by atoms with Crippen molar-refractivity contribution in [3.63, 3.8) is 0 Å². The number of esters is 1. The van der Waals surface area contributed by atoms with Crippen LogP contribution in [0.3, 0.4) is 0 Å². The molecule has 1 fully saturated rings. The van der Waals surface area contributed by atoms with Crippen LogP contribution in [0.1, 0.15) is 30.1 Å². The van der Waals surface area contributed by atoms with Crippen molar-refractivity contribution >= 4 is 21.5 Å². The van der Waals surface area contributed by atoms with Gasteiger partial charge in [-0.2, -0.15) is 0 Å². The van der Waals surface area contributed by atoms with Crippen LogP contribution in [0, 0.1) is 0 Å². The van der Waals surface area contributed by atoms with Crippen molar-refractivity contribution in [2.45, 2.75) is 36.8 Å². The Kier molecular flexibility index (Phi) is 8.76. The van der Waals surface area contributed by atoms with Crippen molar-refractivity contribution in [2.24, 2.45) is 0 Å². The van der Waals surface area contributed by atoms with Gasteiger partial charge in [-0.05, 0) is 69.3 Å². The number of aliphatic hydroxyl groups is 1. The number of ether oxygens (including phenoxy) is 2. The van der Waals surface area contributed by atoms with E-state index in [0.717, 1.165) is 37.9 Å². The number of aliphatic hydroxyl groups excluding tert-OH is 1. The summed E-state index contributed by atoms with van der Waals surface area (Å²) in [6, 6.07) is 11.3. The van der Waals surface area contributed by atoms with Crippen molar-refractivity contribution in [2.75, 3.05) is 44.0 Å². The van der Waals surface area contributed by atoms with Crippen molar-refractivity contribution in [1.82, 2.24) is 5.32 Å². The Bertz CT molecular complexity index is 1070. The summed E-state index contributed by atoms with van der Waals surface area (Å²) in [6.45, 7) is 4.04. The molecule has 0 amide bonds. The topological polar surface area (TPSA) is 125 Å². The molecule has 1 heterocycles. The number of piperidine rings is 1. The number of rotatable bonds is 10. The van der Waals surface area contributed by atoms with E-state index in [-0.39, 0.29) is 35.0 Å². The van der Waals surface area contributed by atoms with E-state index in [1.165, 1.54) is 18.2 Å². The first-order valence-electron chi connectivity index (χ1n) is 11.3. The second-order valence-corrected chi connectivity index (χ2v) is 10.3. The number of carbonyl (C=O) groups excluding carboxylic acids is 1. The summed E-state index contributed by atoms with van der Waals surface area (Å²) in [7, 11) is -3.62. The highest BCUT2D eigenvalue weighted by atomic mass is 32.2. The van der Waals surface area contributed by atoms with E-state index < -0.39 is 15.9 Å². The van der Waals surface area contributed by atoms with Gasteiger partial charge in [-0.15, -0.1) is 0 Å². The van der Waals surface area contributed by atoms with Crippen molar-refractivity contribution in [1.29, 1.82) is 0 Å². The Morgan fingerprint density at radius 3 is 2.47 bits per heavy atom. The molecule has 0 aromatic heterocycles. The van der Waals surface area contributed by atoms with Crippen LogP contribution in [0.5, 0.6) is 11.5 Å². The molecule has 1 atom stereocenters. The Morgan fingerprint density at radius 1 is 1.18 bits per heavy atom. The number of aromatic hydroxyl groups is 1. The Labute approximate surface area is 200 Å². The molecule has 3 N–H and O–H groups in total. The van der Waals surface area contributed by atoms with Crippen molar-refractivity contribution < 1.29 is 32.9 Å².